The standard InChI is InChI=1S/C24H16ClF3N4O3/c25-15-3-1-2-14(12-15)23(34)30-29-22(33)13-4-6-16(7-5-13)32-20-17-10-11-35-19(17)9-8-18(20)21(31-32)24(26,27)28/h1-7,10-12H,8-9H2,(H,29,33)(H,30,34). The second-order valence-electron chi connectivity index (χ2n) is 7.81. The van der Waals surface area contributed by atoms with Crippen LogP contribution in [0.25, 0.3) is 16.9 Å². The van der Waals surface area contributed by atoms with E-state index in [2.05, 4.69) is 16.0 Å². The van der Waals surface area contributed by atoms with E-state index in [4.69, 9.17) is 16.0 Å². The summed E-state index contributed by atoms with van der Waals surface area (Å²) in [7, 11) is 0. The van der Waals surface area contributed by atoms with Gasteiger partial charge in [0.05, 0.1) is 17.6 Å². The van der Waals surface area contributed by atoms with E-state index in [1.807, 2.05) is 0 Å². The number of furan rings is 1. The molecule has 0 radical (unpaired) electrons. The number of rotatable bonds is 3. The molecule has 0 saturated heterocycles. The molecule has 2 aromatic heterocycles. The highest BCUT2D eigenvalue weighted by molar-refractivity contribution is 6.31. The molecule has 35 heavy (non-hydrogen) atoms. The fourth-order valence-corrected chi connectivity index (χ4v) is 4.19. The minimum absolute atomic E-state index is 0.108. The Hall–Kier alpha value is -4.05. The highest BCUT2D eigenvalue weighted by atomic mass is 35.5. The van der Waals surface area contributed by atoms with Crippen molar-refractivity contribution in [3.05, 3.63) is 94.0 Å². The van der Waals surface area contributed by atoms with Gasteiger partial charge < -0.3 is 4.42 Å². The fraction of sp³-hybridized carbons (Fsp3) is 0.125. The number of carbonyl (C=O) groups excluding carboxylic acids is 2. The van der Waals surface area contributed by atoms with Crippen molar-refractivity contribution in [3.8, 4) is 16.9 Å². The molecule has 0 unspecified atom stereocenters. The number of carbonyl (C=O) groups is 2. The molecule has 0 fully saturated rings. The molecule has 0 saturated carbocycles. The Morgan fingerprint density at radius 1 is 0.971 bits per heavy atom. The van der Waals surface area contributed by atoms with E-state index in [0.29, 0.717) is 34.1 Å². The third-order valence-electron chi connectivity index (χ3n) is 5.61. The summed E-state index contributed by atoms with van der Waals surface area (Å²) in [6, 6.07) is 13.6. The smallest absolute Gasteiger partial charge is 0.435 e. The number of hydrazine groups is 1. The molecule has 0 spiro atoms. The lowest BCUT2D eigenvalue weighted by Gasteiger charge is -2.15. The molecule has 1 aliphatic rings. The fourth-order valence-electron chi connectivity index (χ4n) is 4.00. The van der Waals surface area contributed by atoms with Crippen LogP contribution >= 0.6 is 11.6 Å². The van der Waals surface area contributed by atoms with E-state index in [-0.39, 0.29) is 23.1 Å². The number of amides is 2. The van der Waals surface area contributed by atoms with Gasteiger partial charge in [-0.3, -0.25) is 20.4 Å². The molecule has 1 aliphatic carbocycles. The molecule has 5 rings (SSSR count). The van der Waals surface area contributed by atoms with Crippen LogP contribution in [-0.2, 0) is 19.0 Å². The number of hydrogen-bond donors (Lipinski definition) is 2. The maximum Gasteiger partial charge on any atom is 0.435 e. The number of aromatic nitrogens is 2. The minimum atomic E-state index is -4.61. The Labute approximate surface area is 201 Å². The first kappa shape index (κ1) is 22.7. The van der Waals surface area contributed by atoms with Crippen molar-refractivity contribution < 1.29 is 27.2 Å². The van der Waals surface area contributed by atoms with Gasteiger partial charge in [-0.2, -0.15) is 18.3 Å². The maximum atomic E-state index is 13.7. The van der Waals surface area contributed by atoms with E-state index in [9.17, 15) is 22.8 Å². The zero-order valence-corrected chi connectivity index (χ0v) is 18.6. The van der Waals surface area contributed by atoms with Crippen molar-refractivity contribution >= 4 is 23.4 Å². The predicted molar refractivity (Wildman–Crippen MR) is 120 cm³/mol. The lowest BCUT2D eigenvalue weighted by molar-refractivity contribution is -0.142. The third-order valence-corrected chi connectivity index (χ3v) is 5.84. The van der Waals surface area contributed by atoms with Crippen LogP contribution in [0, 0.1) is 0 Å². The molecular weight excluding hydrogens is 485 g/mol. The lowest BCUT2D eigenvalue weighted by Crippen LogP contribution is -2.41. The van der Waals surface area contributed by atoms with Crippen molar-refractivity contribution in [1.29, 1.82) is 0 Å². The summed E-state index contributed by atoms with van der Waals surface area (Å²) in [4.78, 5) is 24.6. The summed E-state index contributed by atoms with van der Waals surface area (Å²) in [6.07, 6.45) is -2.67. The average Bonchev–Trinajstić information content (AvgIpc) is 3.46. The highest BCUT2D eigenvalue weighted by Gasteiger charge is 2.41. The van der Waals surface area contributed by atoms with E-state index in [0.717, 1.165) is 0 Å². The quantitative estimate of drug-likeness (QED) is 0.388. The molecule has 0 aliphatic heterocycles. The summed E-state index contributed by atoms with van der Waals surface area (Å²) >= 11 is 5.86. The number of alkyl halides is 3. The zero-order chi connectivity index (χ0) is 24.7. The number of halogens is 4. The Morgan fingerprint density at radius 3 is 2.37 bits per heavy atom. The van der Waals surface area contributed by atoms with Gasteiger partial charge in [0.25, 0.3) is 11.8 Å². The second-order valence-corrected chi connectivity index (χ2v) is 8.24. The number of nitrogens with zero attached hydrogens (tertiary/aromatic N) is 2. The monoisotopic (exact) mass is 500 g/mol. The van der Waals surface area contributed by atoms with Crippen molar-refractivity contribution in [2.45, 2.75) is 19.0 Å². The van der Waals surface area contributed by atoms with Gasteiger partial charge in [0.1, 0.15) is 5.76 Å². The Balaban J connectivity index is 1.39. The predicted octanol–water partition coefficient (Wildman–Crippen LogP) is 4.98. The zero-order valence-electron chi connectivity index (χ0n) is 17.8. The summed E-state index contributed by atoms with van der Waals surface area (Å²) in [5.74, 6) is -0.572. The van der Waals surface area contributed by atoms with Gasteiger partial charge in [-0.15, -0.1) is 0 Å². The Bertz CT molecular complexity index is 1440. The molecule has 2 aromatic carbocycles. The molecule has 0 atom stereocenters. The first-order chi connectivity index (χ1) is 16.7. The number of aryl methyl sites for hydroxylation is 1. The molecule has 4 aromatic rings. The Kier molecular flexibility index (Phi) is 5.60. The van der Waals surface area contributed by atoms with E-state index in [1.165, 1.54) is 47.3 Å². The molecule has 2 N–H and O–H groups in total. The van der Waals surface area contributed by atoms with Crippen LogP contribution in [0.2, 0.25) is 5.02 Å². The highest BCUT2D eigenvalue weighted by Crippen LogP contribution is 2.42. The van der Waals surface area contributed by atoms with Gasteiger partial charge in [-0.1, -0.05) is 17.7 Å². The van der Waals surface area contributed by atoms with Gasteiger partial charge in [-0.25, -0.2) is 4.68 Å². The van der Waals surface area contributed by atoms with Crippen LogP contribution < -0.4 is 10.9 Å². The van der Waals surface area contributed by atoms with Crippen LogP contribution in [0.4, 0.5) is 13.2 Å². The van der Waals surface area contributed by atoms with Crippen LogP contribution in [0.1, 0.15) is 37.7 Å². The first-order valence-corrected chi connectivity index (χ1v) is 10.8. The normalized spacial score (nSPS) is 12.6. The van der Waals surface area contributed by atoms with Crippen molar-refractivity contribution in [3.63, 3.8) is 0 Å². The van der Waals surface area contributed by atoms with E-state index < -0.39 is 23.7 Å². The van der Waals surface area contributed by atoms with Gasteiger partial charge in [0.2, 0.25) is 0 Å². The van der Waals surface area contributed by atoms with Crippen LogP contribution in [0.3, 0.4) is 0 Å². The van der Waals surface area contributed by atoms with Gasteiger partial charge in [0.15, 0.2) is 5.69 Å². The molecule has 2 amide bonds. The second kappa shape index (κ2) is 8.62. The van der Waals surface area contributed by atoms with Crippen molar-refractivity contribution in [1.82, 2.24) is 20.6 Å². The van der Waals surface area contributed by atoms with Gasteiger partial charge >= 0.3 is 6.18 Å². The summed E-state index contributed by atoms with van der Waals surface area (Å²) in [6.45, 7) is 0. The van der Waals surface area contributed by atoms with Gasteiger partial charge in [-0.05, 0) is 55.0 Å². The van der Waals surface area contributed by atoms with Crippen LogP contribution in [0.15, 0.2) is 65.3 Å². The summed E-state index contributed by atoms with van der Waals surface area (Å²) < 4.78 is 47.7. The van der Waals surface area contributed by atoms with E-state index in [1.54, 1.807) is 18.2 Å². The molecule has 178 valence electrons. The molecular formula is C24H16ClF3N4O3. The molecule has 11 heteroatoms. The first-order valence-electron chi connectivity index (χ1n) is 10.4. The lowest BCUT2D eigenvalue weighted by atomic mass is 9.94. The SMILES string of the molecule is O=C(NNC(=O)c1cccc(Cl)c1)c1ccc(-n2nc(C(F)(F)F)c3c2-c2ccoc2CC3)cc1. The van der Waals surface area contributed by atoms with Crippen LogP contribution in [0.5, 0.6) is 0 Å². The van der Waals surface area contributed by atoms with Gasteiger partial charge in [0, 0.05) is 33.7 Å². The number of fused-ring (bicyclic) bond motifs is 3. The average molecular weight is 501 g/mol. The molecule has 7 nitrogen and oxygen atoms in total. The minimum Gasteiger partial charge on any atom is -0.469 e. The largest absolute Gasteiger partial charge is 0.469 e. The topological polar surface area (TPSA) is 89.2 Å². The molecule has 0 bridgehead atoms. The van der Waals surface area contributed by atoms with Crippen LogP contribution in [-0.4, -0.2) is 21.6 Å². The third kappa shape index (κ3) is 4.28. The van der Waals surface area contributed by atoms with Crippen molar-refractivity contribution in [2.24, 2.45) is 0 Å². The Morgan fingerprint density at radius 2 is 1.69 bits per heavy atom. The summed E-state index contributed by atoms with van der Waals surface area (Å²) in [5, 5.41) is 4.24. The maximum absolute atomic E-state index is 13.7. The summed E-state index contributed by atoms with van der Waals surface area (Å²) in [5.41, 5.74) is 5.41. The van der Waals surface area contributed by atoms with E-state index >= 15 is 0 Å². The van der Waals surface area contributed by atoms with Crippen molar-refractivity contribution in [2.75, 3.05) is 0 Å². The number of benzene rings is 2. The number of hydrogen-bond acceptors (Lipinski definition) is 4. The number of nitrogens with one attached hydrogen (secondary N) is 2. The molecule has 2 heterocycles.